The number of likely N-dealkylation sites (N-methyl/N-ethyl adjacent to an activating group) is 1. The second-order valence-corrected chi connectivity index (χ2v) is 9.40. The lowest BCUT2D eigenvalue weighted by atomic mass is 9.80. The Kier molecular flexibility index (Phi) is 7.20. The van der Waals surface area contributed by atoms with E-state index in [-0.39, 0.29) is 30.3 Å². The van der Waals surface area contributed by atoms with Crippen LogP contribution in [0.5, 0.6) is 0 Å². The number of hydrogen-bond acceptors (Lipinski definition) is 4. The SMILES string of the molecule is C[C@@H](C(=O)O)N(C)C(=O)C1CCCC(CNC(=O)OCC2c3ccccc3-c3ccccc32)C1. The van der Waals surface area contributed by atoms with E-state index in [9.17, 15) is 19.5 Å². The van der Waals surface area contributed by atoms with Crippen molar-refractivity contribution in [1.82, 2.24) is 10.2 Å². The number of benzene rings is 2. The fraction of sp³-hybridized carbons (Fsp3) is 0.444. The molecule has 0 radical (unpaired) electrons. The van der Waals surface area contributed by atoms with Crippen LogP contribution in [0.15, 0.2) is 48.5 Å². The van der Waals surface area contributed by atoms with E-state index in [0.717, 1.165) is 19.3 Å². The minimum Gasteiger partial charge on any atom is -0.480 e. The lowest BCUT2D eigenvalue weighted by Gasteiger charge is -2.32. The summed E-state index contributed by atoms with van der Waals surface area (Å²) in [7, 11) is 1.54. The number of aliphatic carboxylic acids is 1. The molecule has 0 saturated heterocycles. The lowest BCUT2D eigenvalue weighted by Crippen LogP contribution is -2.45. The molecule has 2 aromatic rings. The summed E-state index contributed by atoms with van der Waals surface area (Å²) >= 11 is 0. The van der Waals surface area contributed by atoms with Crippen LogP contribution in [0.2, 0.25) is 0 Å². The second-order valence-electron chi connectivity index (χ2n) is 9.40. The molecule has 1 saturated carbocycles. The number of fused-ring (bicyclic) bond motifs is 3. The van der Waals surface area contributed by atoms with Gasteiger partial charge in [0.1, 0.15) is 12.6 Å². The fourth-order valence-electron chi connectivity index (χ4n) is 5.22. The molecule has 2 amide bonds. The van der Waals surface area contributed by atoms with Crippen molar-refractivity contribution in [1.29, 1.82) is 0 Å². The minimum atomic E-state index is -1.01. The summed E-state index contributed by atoms with van der Waals surface area (Å²) in [6, 6.07) is 15.6. The average molecular weight is 465 g/mol. The molecule has 2 unspecified atom stereocenters. The van der Waals surface area contributed by atoms with Gasteiger partial charge in [-0.2, -0.15) is 0 Å². The van der Waals surface area contributed by atoms with Gasteiger partial charge < -0.3 is 20.1 Å². The molecule has 7 nitrogen and oxygen atoms in total. The molecule has 3 atom stereocenters. The third kappa shape index (κ3) is 4.93. The number of alkyl carbamates (subject to hydrolysis) is 1. The molecular formula is C27H32N2O5. The Hall–Kier alpha value is -3.35. The number of hydrogen-bond donors (Lipinski definition) is 2. The number of carboxylic acids is 1. The number of nitrogens with one attached hydrogen (secondary N) is 1. The van der Waals surface area contributed by atoms with Crippen molar-refractivity contribution < 1.29 is 24.2 Å². The van der Waals surface area contributed by atoms with Crippen LogP contribution in [0.1, 0.15) is 49.7 Å². The van der Waals surface area contributed by atoms with Gasteiger partial charge in [0.2, 0.25) is 5.91 Å². The summed E-state index contributed by atoms with van der Waals surface area (Å²) in [6.07, 6.45) is 2.73. The largest absolute Gasteiger partial charge is 0.480 e. The number of rotatable bonds is 7. The summed E-state index contributed by atoms with van der Waals surface area (Å²) in [6.45, 7) is 2.22. The Morgan fingerprint density at radius 2 is 1.68 bits per heavy atom. The van der Waals surface area contributed by atoms with Gasteiger partial charge in [-0.1, -0.05) is 55.0 Å². The number of carbonyl (C=O) groups is 3. The highest BCUT2D eigenvalue weighted by atomic mass is 16.5. The summed E-state index contributed by atoms with van der Waals surface area (Å²) in [4.78, 5) is 37.7. The van der Waals surface area contributed by atoms with Crippen molar-refractivity contribution in [2.45, 2.75) is 44.6 Å². The lowest BCUT2D eigenvalue weighted by molar-refractivity contribution is -0.150. The highest BCUT2D eigenvalue weighted by Gasteiger charge is 2.33. The van der Waals surface area contributed by atoms with Crippen LogP contribution < -0.4 is 5.32 Å². The first-order valence-corrected chi connectivity index (χ1v) is 11.9. The summed E-state index contributed by atoms with van der Waals surface area (Å²) < 4.78 is 5.61. The molecule has 2 aliphatic rings. The zero-order chi connectivity index (χ0) is 24.2. The van der Waals surface area contributed by atoms with Crippen LogP contribution in [0.25, 0.3) is 11.1 Å². The Morgan fingerprint density at radius 1 is 1.06 bits per heavy atom. The van der Waals surface area contributed by atoms with Gasteiger partial charge in [-0.15, -0.1) is 0 Å². The van der Waals surface area contributed by atoms with Crippen LogP contribution in [-0.4, -0.2) is 54.2 Å². The average Bonchev–Trinajstić information content (AvgIpc) is 3.18. The van der Waals surface area contributed by atoms with E-state index >= 15 is 0 Å². The molecule has 0 aromatic heterocycles. The van der Waals surface area contributed by atoms with Gasteiger partial charge in [0, 0.05) is 25.4 Å². The number of carboxylic acid groups (broad SMARTS) is 1. The molecule has 0 aliphatic heterocycles. The molecule has 0 bridgehead atoms. The summed E-state index contributed by atoms with van der Waals surface area (Å²) in [5, 5.41) is 12.1. The molecule has 1 fully saturated rings. The maximum Gasteiger partial charge on any atom is 0.407 e. The number of ether oxygens (including phenoxy) is 1. The van der Waals surface area contributed by atoms with Crippen molar-refractivity contribution in [3.63, 3.8) is 0 Å². The van der Waals surface area contributed by atoms with Gasteiger partial charge in [-0.3, -0.25) is 4.79 Å². The number of amides is 2. The van der Waals surface area contributed by atoms with Crippen LogP contribution >= 0.6 is 0 Å². The quantitative estimate of drug-likeness (QED) is 0.638. The monoisotopic (exact) mass is 464 g/mol. The molecular weight excluding hydrogens is 432 g/mol. The van der Waals surface area contributed by atoms with E-state index in [1.54, 1.807) is 7.05 Å². The molecule has 7 heteroatoms. The van der Waals surface area contributed by atoms with E-state index in [2.05, 4.69) is 29.6 Å². The van der Waals surface area contributed by atoms with E-state index < -0.39 is 18.1 Å². The third-order valence-corrected chi connectivity index (χ3v) is 7.30. The standard InChI is InChI=1S/C27H32N2O5/c1-17(26(31)32)29(2)25(30)19-9-7-8-18(14-19)15-28-27(33)34-16-24-22-12-5-3-10-20(22)21-11-4-6-13-23(21)24/h3-6,10-13,17-19,24H,7-9,14-16H2,1-2H3,(H,28,33)(H,31,32)/t17-,18?,19?/m0/s1. The molecule has 4 rings (SSSR count). The zero-order valence-corrected chi connectivity index (χ0v) is 19.7. The first kappa shape index (κ1) is 23.8. The Balaban J connectivity index is 1.28. The number of carbonyl (C=O) groups excluding carboxylic acids is 2. The van der Waals surface area contributed by atoms with Gasteiger partial charge in [-0.05, 0) is 54.4 Å². The topological polar surface area (TPSA) is 95.9 Å². The van der Waals surface area contributed by atoms with Gasteiger partial charge in [0.25, 0.3) is 0 Å². The molecule has 2 aromatic carbocycles. The molecule has 180 valence electrons. The highest BCUT2D eigenvalue weighted by molar-refractivity contribution is 5.84. The van der Waals surface area contributed by atoms with Crippen molar-refractivity contribution in [2.24, 2.45) is 11.8 Å². The molecule has 2 aliphatic carbocycles. The first-order valence-electron chi connectivity index (χ1n) is 11.9. The number of nitrogens with zero attached hydrogens (tertiary/aromatic N) is 1. The molecule has 2 N–H and O–H groups in total. The summed E-state index contributed by atoms with van der Waals surface area (Å²) in [5.41, 5.74) is 4.72. The molecule has 0 spiro atoms. The molecule has 34 heavy (non-hydrogen) atoms. The van der Waals surface area contributed by atoms with Crippen molar-refractivity contribution in [2.75, 3.05) is 20.2 Å². The van der Waals surface area contributed by atoms with Crippen molar-refractivity contribution >= 4 is 18.0 Å². The van der Waals surface area contributed by atoms with E-state index in [1.165, 1.54) is 34.1 Å². The van der Waals surface area contributed by atoms with E-state index in [0.29, 0.717) is 13.0 Å². The van der Waals surface area contributed by atoms with E-state index in [4.69, 9.17) is 4.74 Å². The van der Waals surface area contributed by atoms with Crippen LogP contribution in [0.3, 0.4) is 0 Å². The second kappa shape index (κ2) is 10.3. The zero-order valence-electron chi connectivity index (χ0n) is 19.7. The van der Waals surface area contributed by atoms with E-state index in [1.807, 2.05) is 24.3 Å². The Labute approximate surface area is 200 Å². The predicted octanol–water partition coefficient (Wildman–Crippen LogP) is 4.26. The smallest absolute Gasteiger partial charge is 0.407 e. The minimum absolute atomic E-state index is 0.0154. The molecule has 0 heterocycles. The maximum atomic E-state index is 12.7. The van der Waals surface area contributed by atoms with Crippen LogP contribution in [0, 0.1) is 11.8 Å². The van der Waals surface area contributed by atoms with Crippen LogP contribution in [0.4, 0.5) is 4.79 Å². The maximum absolute atomic E-state index is 12.7. The van der Waals surface area contributed by atoms with Crippen LogP contribution in [-0.2, 0) is 14.3 Å². The summed E-state index contributed by atoms with van der Waals surface area (Å²) in [5.74, 6) is -1.19. The fourth-order valence-corrected chi connectivity index (χ4v) is 5.22. The van der Waals surface area contributed by atoms with Gasteiger partial charge >= 0.3 is 12.1 Å². The Morgan fingerprint density at radius 3 is 2.29 bits per heavy atom. The Bertz CT molecular complexity index is 1020. The third-order valence-electron chi connectivity index (χ3n) is 7.30. The normalized spacial score (nSPS) is 20.1. The van der Waals surface area contributed by atoms with Gasteiger partial charge in [0.05, 0.1) is 0 Å². The van der Waals surface area contributed by atoms with Gasteiger partial charge in [0.15, 0.2) is 0 Å². The predicted molar refractivity (Wildman–Crippen MR) is 128 cm³/mol. The highest BCUT2D eigenvalue weighted by Crippen LogP contribution is 2.44. The van der Waals surface area contributed by atoms with Crippen molar-refractivity contribution in [3.05, 3.63) is 59.7 Å². The first-order chi connectivity index (χ1) is 16.4. The van der Waals surface area contributed by atoms with Crippen molar-refractivity contribution in [3.8, 4) is 11.1 Å². The van der Waals surface area contributed by atoms with Gasteiger partial charge in [-0.25, -0.2) is 9.59 Å².